The van der Waals surface area contributed by atoms with Crippen LogP contribution in [0.15, 0.2) is 53.6 Å². The number of fused-ring (bicyclic) bond motifs is 1. The Bertz CT molecular complexity index is 1120. The largest absolute Gasteiger partial charge is 0.318 e. The van der Waals surface area contributed by atoms with Gasteiger partial charge in [-0.25, -0.2) is 4.98 Å². The van der Waals surface area contributed by atoms with E-state index in [0.717, 1.165) is 20.9 Å². The van der Waals surface area contributed by atoms with Crippen LogP contribution in [0.4, 0.5) is 5.13 Å². The zero-order valence-electron chi connectivity index (χ0n) is 15.9. The number of para-hydroxylation sites is 1. The number of hydrazone groups is 1. The lowest BCUT2D eigenvalue weighted by Gasteiger charge is -2.11. The minimum atomic E-state index is 0.801. The molecule has 136 valence electrons. The molecule has 4 nitrogen and oxygen atoms in total. The average molecular weight is 375 g/mol. The lowest BCUT2D eigenvalue weighted by Crippen LogP contribution is -2.00. The smallest absolute Gasteiger partial charge is 0.204 e. The van der Waals surface area contributed by atoms with Crippen LogP contribution in [0.1, 0.15) is 28.1 Å². The lowest BCUT2D eigenvalue weighted by molar-refractivity contribution is 0.961. The summed E-state index contributed by atoms with van der Waals surface area (Å²) in [6.45, 7) is 8.54. The van der Waals surface area contributed by atoms with Crippen molar-refractivity contribution in [1.82, 2.24) is 9.55 Å². The molecule has 2 aromatic carbocycles. The van der Waals surface area contributed by atoms with E-state index in [-0.39, 0.29) is 0 Å². The van der Waals surface area contributed by atoms with Crippen LogP contribution in [-0.2, 0) is 0 Å². The number of thiazole rings is 1. The molecule has 0 amide bonds. The SMILES string of the molecule is Cc1ccc(-n2c(C)cc(/C=N\Nc3nc4ccccc4s3)c2C)cc1C. The Morgan fingerprint density at radius 2 is 1.81 bits per heavy atom. The summed E-state index contributed by atoms with van der Waals surface area (Å²) >= 11 is 1.60. The van der Waals surface area contributed by atoms with Gasteiger partial charge in [0.1, 0.15) is 0 Å². The van der Waals surface area contributed by atoms with E-state index in [2.05, 4.69) is 78.1 Å². The molecule has 4 aromatic rings. The molecule has 0 radical (unpaired) electrons. The van der Waals surface area contributed by atoms with Gasteiger partial charge in [0.15, 0.2) is 0 Å². The molecule has 5 heteroatoms. The van der Waals surface area contributed by atoms with Crippen LogP contribution in [0.5, 0.6) is 0 Å². The van der Waals surface area contributed by atoms with Crippen molar-refractivity contribution >= 4 is 32.9 Å². The van der Waals surface area contributed by atoms with Crippen molar-refractivity contribution in [2.75, 3.05) is 5.43 Å². The molecule has 0 saturated heterocycles. The van der Waals surface area contributed by atoms with Crippen molar-refractivity contribution in [3.8, 4) is 5.69 Å². The summed E-state index contributed by atoms with van der Waals surface area (Å²) in [5.74, 6) is 0. The van der Waals surface area contributed by atoms with Crippen LogP contribution < -0.4 is 5.43 Å². The zero-order chi connectivity index (χ0) is 19.0. The second-order valence-corrected chi connectivity index (χ2v) is 7.82. The molecule has 0 unspecified atom stereocenters. The Kier molecular flexibility index (Phi) is 4.54. The highest BCUT2D eigenvalue weighted by Crippen LogP contribution is 2.25. The van der Waals surface area contributed by atoms with Crippen LogP contribution in [0.25, 0.3) is 15.9 Å². The van der Waals surface area contributed by atoms with Crippen molar-refractivity contribution < 1.29 is 0 Å². The van der Waals surface area contributed by atoms with Gasteiger partial charge in [0.05, 0.1) is 16.4 Å². The molecule has 0 aliphatic heterocycles. The second-order valence-electron chi connectivity index (χ2n) is 6.79. The fourth-order valence-corrected chi connectivity index (χ4v) is 4.07. The van der Waals surface area contributed by atoms with Crippen LogP contribution in [-0.4, -0.2) is 15.8 Å². The molecular formula is C22H22N4S. The number of hydrogen-bond donors (Lipinski definition) is 1. The average Bonchev–Trinajstić information content (AvgIpc) is 3.18. The Labute approximate surface area is 163 Å². The van der Waals surface area contributed by atoms with Crippen molar-refractivity contribution in [3.05, 3.63) is 76.6 Å². The Morgan fingerprint density at radius 1 is 1.00 bits per heavy atom. The van der Waals surface area contributed by atoms with Gasteiger partial charge in [0, 0.05) is 22.6 Å². The number of hydrogen-bond acceptors (Lipinski definition) is 4. The molecule has 4 rings (SSSR count). The molecule has 0 bridgehead atoms. The van der Waals surface area contributed by atoms with Crippen molar-refractivity contribution in [1.29, 1.82) is 0 Å². The lowest BCUT2D eigenvalue weighted by atomic mass is 10.1. The monoisotopic (exact) mass is 374 g/mol. The van der Waals surface area contributed by atoms with E-state index in [4.69, 9.17) is 0 Å². The summed E-state index contributed by atoms with van der Waals surface area (Å²) < 4.78 is 3.42. The third-order valence-electron chi connectivity index (χ3n) is 4.88. The van der Waals surface area contributed by atoms with E-state index in [0.29, 0.717) is 0 Å². The van der Waals surface area contributed by atoms with Crippen LogP contribution in [0.2, 0.25) is 0 Å². The first-order valence-electron chi connectivity index (χ1n) is 8.94. The second kappa shape index (κ2) is 7.00. The molecule has 0 atom stereocenters. The number of nitrogens with one attached hydrogen (secondary N) is 1. The topological polar surface area (TPSA) is 42.2 Å². The first-order valence-corrected chi connectivity index (χ1v) is 9.76. The van der Waals surface area contributed by atoms with E-state index < -0.39 is 0 Å². The predicted molar refractivity (Wildman–Crippen MR) is 116 cm³/mol. The maximum absolute atomic E-state index is 4.54. The Balaban J connectivity index is 1.59. The number of benzene rings is 2. The van der Waals surface area contributed by atoms with E-state index >= 15 is 0 Å². The number of anilines is 1. The minimum Gasteiger partial charge on any atom is -0.318 e. The summed E-state index contributed by atoms with van der Waals surface area (Å²) in [6.07, 6.45) is 1.87. The quantitative estimate of drug-likeness (QED) is 0.364. The van der Waals surface area contributed by atoms with Crippen molar-refractivity contribution in [2.45, 2.75) is 27.7 Å². The molecule has 2 aromatic heterocycles. The molecule has 2 heterocycles. The molecular weight excluding hydrogens is 352 g/mol. The first-order chi connectivity index (χ1) is 13.0. The molecule has 27 heavy (non-hydrogen) atoms. The molecule has 1 N–H and O–H groups in total. The molecule has 0 spiro atoms. The van der Waals surface area contributed by atoms with E-state index in [9.17, 15) is 0 Å². The summed E-state index contributed by atoms with van der Waals surface area (Å²) in [5.41, 5.74) is 11.3. The van der Waals surface area contributed by atoms with Crippen molar-refractivity contribution in [3.63, 3.8) is 0 Å². The van der Waals surface area contributed by atoms with Gasteiger partial charge in [-0.3, -0.25) is 5.43 Å². The number of aromatic nitrogens is 2. The summed E-state index contributed by atoms with van der Waals surface area (Å²) in [4.78, 5) is 4.54. The van der Waals surface area contributed by atoms with Gasteiger partial charge < -0.3 is 4.57 Å². The highest BCUT2D eigenvalue weighted by molar-refractivity contribution is 7.22. The summed E-state index contributed by atoms with van der Waals surface area (Å²) in [5, 5.41) is 5.21. The van der Waals surface area contributed by atoms with E-state index in [1.807, 2.05) is 24.4 Å². The van der Waals surface area contributed by atoms with E-state index in [1.165, 1.54) is 28.2 Å². The van der Waals surface area contributed by atoms with Crippen molar-refractivity contribution in [2.24, 2.45) is 5.10 Å². The van der Waals surface area contributed by atoms with Gasteiger partial charge in [-0.05, 0) is 69.2 Å². The molecule has 0 aliphatic rings. The van der Waals surface area contributed by atoms with Gasteiger partial charge in [-0.15, -0.1) is 0 Å². The summed E-state index contributed by atoms with van der Waals surface area (Å²) in [6, 6.07) is 16.8. The maximum Gasteiger partial charge on any atom is 0.204 e. The third-order valence-corrected chi connectivity index (χ3v) is 5.82. The van der Waals surface area contributed by atoms with Gasteiger partial charge in [-0.1, -0.05) is 29.5 Å². The number of aryl methyl sites for hydroxylation is 3. The van der Waals surface area contributed by atoms with Gasteiger partial charge in [0.2, 0.25) is 5.13 Å². The van der Waals surface area contributed by atoms with E-state index in [1.54, 1.807) is 11.3 Å². The standard InChI is InChI=1S/C22H22N4S/c1-14-9-10-19(11-15(14)2)26-16(3)12-18(17(26)4)13-23-25-22-24-20-7-5-6-8-21(20)27-22/h5-13H,1-4H3,(H,24,25)/b23-13-. The van der Waals surface area contributed by atoms with Gasteiger partial charge >= 0.3 is 0 Å². The first kappa shape index (κ1) is 17.5. The van der Waals surface area contributed by atoms with Crippen LogP contribution >= 0.6 is 11.3 Å². The third kappa shape index (κ3) is 3.38. The Hall–Kier alpha value is -2.92. The van der Waals surface area contributed by atoms with Crippen LogP contribution in [0.3, 0.4) is 0 Å². The Morgan fingerprint density at radius 3 is 2.59 bits per heavy atom. The zero-order valence-corrected chi connectivity index (χ0v) is 16.8. The molecule has 0 saturated carbocycles. The highest BCUT2D eigenvalue weighted by atomic mass is 32.1. The number of rotatable bonds is 4. The van der Waals surface area contributed by atoms with Crippen LogP contribution in [0, 0.1) is 27.7 Å². The molecule has 0 fully saturated rings. The highest BCUT2D eigenvalue weighted by Gasteiger charge is 2.10. The predicted octanol–water partition coefficient (Wildman–Crippen LogP) is 5.77. The fourth-order valence-electron chi connectivity index (χ4n) is 3.26. The number of nitrogens with zero attached hydrogens (tertiary/aromatic N) is 3. The normalized spacial score (nSPS) is 11.6. The fraction of sp³-hybridized carbons (Fsp3) is 0.182. The van der Waals surface area contributed by atoms with Gasteiger partial charge in [0.25, 0.3) is 0 Å². The maximum atomic E-state index is 4.54. The summed E-state index contributed by atoms with van der Waals surface area (Å²) in [7, 11) is 0. The van der Waals surface area contributed by atoms with Gasteiger partial charge in [-0.2, -0.15) is 5.10 Å². The minimum absolute atomic E-state index is 0.801. The molecule has 0 aliphatic carbocycles.